The van der Waals surface area contributed by atoms with E-state index in [2.05, 4.69) is 15.3 Å². The molecule has 1 aromatic heterocycles. The monoisotopic (exact) mass is 237 g/mol. The predicted molar refractivity (Wildman–Crippen MR) is 50.9 cm³/mol. The summed E-state index contributed by atoms with van der Waals surface area (Å²) >= 11 is 0. The molecule has 7 heteroatoms. The van der Waals surface area contributed by atoms with Gasteiger partial charge in [-0.15, -0.1) is 0 Å². The molecule has 0 saturated heterocycles. The minimum atomic E-state index is -4.06. The Hall–Kier alpha value is -1.40. The molecule has 0 radical (unpaired) electrons. The van der Waals surface area contributed by atoms with E-state index in [9.17, 15) is 17.6 Å². The third kappa shape index (κ3) is 3.32. The van der Waals surface area contributed by atoms with Gasteiger partial charge in [0.15, 0.2) is 0 Å². The molecular formula is C9H11F4N3. The minimum Gasteiger partial charge on any atom is -0.364 e. The molecule has 0 aliphatic carbocycles. The number of aryl methyl sites for hydroxylation is 2. The molecule has 0 saturated carbocycles. The normalized spacial score (nSPS) is 11.9. The first-order valence-corrected chi connectivity index (χ1v) is 4.53. The zero-order chi connectivity index (χ0) is 12.3. The average molecular weight is 237 g/mol. The molecule has 0 aromatic carbocycles. The Labute approximate surface area is 89.9 Å². The number of nitrogens with one attached hydrogen (secondary N) is 1. The fourth-order valence-electron chi connectivity index (χ4n) is 1.09. The molecule has 16 heavy (non-hydrogen) atoms. The number of rotatable bonds is 4. The molecule has 0 bridgehead atoms. The summed E-state index contributed by atoms with van der Waals surface area (Å²) < 4.78 is 48.9. The summed E-state index contributed by atoms with van der Waals surface area (Å²) in [5.41, 5.74) is 0.579. The number of nitrogens with zero attached hydrogens (tertiary/aromatic N) is 2. The first kappa shape index (κ1) is 12.7. The van der Waals surface area contributed by atoms with Gasteiger partial charge < -0.3 is 5.32 Å². The van der Waals surface area contributed by atoms with Gasteiger partial charge in [0.1, 0.15) is 11.6 Å². The highest BCUT2D eigenvalue weighted by atomic mass is 19.3. The topological polar surface area (TPSA) is 37.8 Å². The zero-order valence-corrected chi connectivity index (χ0v) is 8.77. The summed E-state index contributed by atoms with van der Waals surface area (Å²) in [6.45, 7) is 2.09. The molecule has 1 N–H and O–H groups in total. The Bertz CT molecular complexity index is 348. The Kier molecular flexibility index (Phi) is 3.66. The lowest BCUT2D eigenvalue weighted by Gasteiger charge is -2.16. The maximum absolute atomic E-state index is 12.6. The van der Waals surface area contributed by atoms with E-state index in [4.69, 9.17) is 0 Å². The number of hydrogen-bond acceptors (Lipinski definition) is 3. The maximum Gasteiger partial charge on any atom is 0.324 e. The van der Waals surface area contributed by atoms with Crippen molar-refractivity contribution in [1.82, 2.24) is 9.97 Å². The molecule has 0 aliphatic rings. The quantitative estimate of drug-likeness (QED) is 0.817. The molecule has 1 rings (SSSR count). The summed E-state index contributed by atoms with van der Waals surface area (Å²) in [6.07, 6.45) is -3.69. The Balaban J connectivity index is 2.68. The third-order valence-electron chi connectivity index (χ3n) is 1.79. The van der Waals surface area contributed by atoms with Gasteiger partial charge in [-0.3, -0.25) is 0 Å². The van der Waals surface area contributed by atoms with E-state index in [-0.39, 0.29) is 5.82 Å². The third-order valence-corrected chi connectivity index (χ3v) is 1.79. The number of halogens is 4. The van der Waals surface area contributed by atoms with Gasteiger partial charge in [0.05, 0.1) is 6.54 Å². The van der Waals surface area contributed by atoms with Crippen LogP contribution in [0.1, 0.15) is 11.5 Å². The number of alkyl halides is 4. The van der Waals surface area contributed by atoms with E-state index >= 15 is 0 Å². The van der Waals surface area contributed by atoms with Crippen LogP contribution in [0, 0.1) is 13.8 Å². The van der Waals surface area contributed by atoms with Crippen LogP contribution in [0.2, 0.25) is 0 Å². The molecule has 1 aromatic rings. The smallest absolute Gasteiger partial charge is 0.324 e. The van der Waals surface area contributed by atoms with E-state index < -0.39 is 18.9 Å². The van der Waals surface area contributed by atoms with Crippen molar-refractivity contribution in [3.63, 3.8) is 0 Å². The van der Waals surface area contributed by atoms with Crippen molar-refractivity contribution in [1.29, 1.82) is 0 Å². The minimum absolute atomic E-state index is 0.116. The van der Waals surface area contributed by atoms with E-state index in [0.29, 0.717) is 11.5 Å². The van der Waals surface area contributed by atoms with Gasteiger partial charge in [-0.2, -0.15) is 8.78 Å². The standard InChI is InChI=1S/C9H11F4N3/c1-5-3-7(16-6(2)15-5)14-4-9(12,13)8(10)11/h3,8H,4H2,1-2H3,(H,14,15,16). The van der Waals surface area contributed by atoms with Crippen molar-refractivity contribution in [2.45, 2.75) is 26.2 Å². The van der Waals surface area contributed by atoms with Crippen LogP contribution in [0.15, 0.2) is 6.07 Å². The molecule has 0 unspecified atom stereocenters. The molecule has 0 fully saturated rings. The fourth-order valence-corrected chi connectivity index (χ4v) is 1.09. The highest BCUT2D eigenvalue weighted by Crippen LogP contribution is 2.23. The second kappa shape index (κ2) is 4.63. The molecule has 1 heterocycles. The van der Waals surface area contributed by atoms with E-state index in [1.54, 1.807) is 13.8 Å². The predicted octanol–water partition coefficient (Wildman–Crippen LogP) is 2.41. The Morgan fingerprint density at radius 1 is 1.31 bits per heavy atom. The molecule has 3 nitrogen and oxygen atoms in total. The lowest BCUT2D eigenvalue weighted by molar-refractivity contribution is -0.117. The van der Waals surface area contributed by atoms with Crippen molar-refractivity contribution < 1.29 is 17.6 Å². The summed E-state index contributed by atoms with van der Waals surface area (Å²) in [5, 5.41) is 2.17. The maximum atomic E-state index is 12.6. The largest absolute Gasteiger partial charge is 0.364 e. The number of hydrogen-bond donors (Lipinski definition) is 1. The van der Waals surface area contributed by atoms with E-state index in [1.165, 1.54) is 6.07 Å². The molecule has 0 aliphatic heterocycles. The van der Waals surface area contributed by atoms with Gasteiger partial charge in [0.2, 0.25) is 0 Å². The lowest BCUT2D eigenvalue weighted by Crippen LogP contribution is -2.35. The first-order chi connectivity index (χ1) is 7.31. The van der Waals surface area contributed by atoms with Gasteiger partial charge >= 0.3 is 12.3 Å². The van der Waals surface area contributed by atoms with Crippen LogP contribution in [-0.2, 0) is 0 Å². The molecule has 0 amide bonds. The highest BCUT2D eigenvalue weighted by Gasteiger charge is 2.40. The van der Waals surface area contributed by atoms with Crippen molar-refractivity contribution in [3.05, 3.63) is 17.6 Å². The number of aromatic nitrogens is 2. The second-order valence-corrected chi connectivity index (χ2v) is 3.36. The first-order valence-electron chi connectivity index (χ1n) is 4.53. The summed E-state index contributed by atoms with van der Waals surface area (Å²) in [6, 6.07) is 1.41. The van der Waals surface area contributed by atoms with Crippen LogP contribution >= 0.6 is 0 Å². The summed E-state index contributed by atoms with van der Waals surface area (Å²) in [4.78, 5) is 7.72. The molecular weight excluding hydrogens is 226 g/mol. The number of anilines is 1. The molecule has 0 atom stereocenters. The van der Waals surface area contributed by atoms with Crippen molar-refractivity contribution in [2.24, 2.45) is 0 Å². The fraction of sp³-hybridized carbons (Fsp3) is 0.556. The average Bonchev–Trinajstić information content (AvgIpc) is 2.13. The van der Waals surface area contributed by atoms with Crippen LogP contribution in [0.5, 0.6) is 0 Å². The Morgan fingerprint density at radius 2 is 1.94 bits per heavy atom. The van der Waals surface area contributed by atoms with Gasteiger partial charge in [-0.25, -0.2) is 18.7 Å². The van der Waals surface area contributed by atoms with Gasteiger partial charge in [0, 0.05) is 11.8 Å². The summed E-state index contributed by atoms with van der Waals surface area (Å²) in [5.74, 6) is -3.56. The van der Waals surface area contributed by atoms with Crippen LogP contribution in [0.4, 0.5) is 23.4 Å². The van der Waals surface area contributed by atoms with Crippen molar-refractivity contribution in [3.8, 4) is 0 Å². The van der Waals surface area contributed by atoms with Crippen molar-refractivity contribution >= 4 is 5.82 Å². The zero-order valence-electron chi connectivity index (χ0n) is 8.77. The van der Waals surface area contributed by atoms with Crippen molar-refractivity contribution in [2.75, 3.05) is 11.9 Å². The van der Waals surface area contributed by atoms with Gasteiger partial charge in [-0.05, 0) is 13.8 Å². The Morgan fingerprint density at radius 3 is 2.44 bits per heavy atom. The van der Waals surface area contributed by atoms with Crippen LogP contribution < -0.4 is 5.32 Å². The van der Waals surface area contributed by atoms with Gasteiger partial charge in [-0.1, -0.05) is 0 Å². The SMILES string of the molecule is Cc1cc(NCC(F)(F)C(F)F)nc(C)n1. The van der Waals surface area contributed by atoms with Crippen LogP contribution in [0.25, 0.3) is 0 Å². The van der Waals surface area contributed by atoms with Crippen LogP contribution in [-0.4, -0.2) is 28.9 Å². The summed E-state index contributed by atoms with van der Waals surface area (Å²) in [7, 11) is 0. The molecule has 0 spiro atoms. The molecule has 90 valence electrons. The van der Waals surface area contributed by atoms with E-state index in [1.807, 2.05) is 0 Å². The lowest BCUT2D eigenvalue weighted by atomic mass is 10.3. The van der Waals surface area contributed by atoms with Gasteiger partial charge in [0.25, 0.3) is 0 Å². The highest BCUT2D eigenvalue weighted by molar-refractivity contribution is 5.35. The van der Waals surface area contributed by atoms with E-state index in [0.717, 1.165) is 0 Å². The second-order valence-electron chi connectivity index (χ2n) is 3.36. The van der Waals surface area contributed by atoms with Crippen LogP contribution in [0.3, 0.4) is 0 Å².